The molecule has 0 aromatic rings. The van der Waals surface area contributed by atoms with Gasteiger partial charge in [0.05, 0.1) is 0 Å². The summed E-state index contributed by atoms with van der Waals surface area (Å²) in [4.78, 5) is 2.58. The molecule has 1 fully saturated rings. The molecule has 1 saturated carbocycles. The van der Waals surface area contributed by atoms with Crippen LogP contribution < -0.4 is 5.32 Å². The zero-order chi connectivity index (χ0) is 12.0. The molecule has 0 bridgehead atoms. The van der Waals surface area contributed by atoms with Gasteiger partial charge in [-0.05, 0) is 37.8 Å². The van der Waals surface area contributed by atoms with Crippen molar-refractivity contribution in [1.82, 2.24) is 10.2 Å². The minimum atomic E-state index is 0.735. The van der Waals surface area contributed by atoms with Crippen LogP contribution in [0.15, 0.2) is 12.7 Å². The summed E-state index contributed by atoms with van der Waals surface area (Å²) < 4.78 is 0. The first-order valence-electron chi connectivity index (χ1n) is 6.69. The van der Waals surface area contributed by atoms with Crippen LogP contribution in [0.5, 0.6) is 0 Å². The summed E-state index contributed by atoms with van der Waals surface area (Å²) >= 11 is 0. The van der Waals surface area contributed by atoms with Gasteiger partial charge in [-0.2, -0.15) is 0 Å². The number of hydrogen-bond acceptors (Lipinski definition) is 2. The van der Waals surface area contributed by atoms with Crippen molar-refractivity contribution in [3.8, 4) is 0 Å². The monoisotopic (exact) mass is 224 g/mol. The van der Waals surface area contributed by atoms with Crippen LogP contribution in [-0.2, 0) is 0 Å². The normalized spacial score (nSPS) is 18.1. The molecule has 2 heteroatoms. The molecule has 1 aliphatic carbocycles. The van der Waals surface area contributed by atoms with Crippen LogP contribution in [0.2, 0.25) is 0 Å². The largest absolute Gasteiger partial charge is 0.316 e. The van der Waals surface area contributed by atoms with E-state index in [1.165, 1.54) is 19.4 Å². The molecular weight excluding hydrogens is 196 g/mol. The van der Waals surface area contributed by atoms with E-state index >= 15 is 0 Å². The molecule has 0 aliphatic heterocycles. The third-order valence-electron chi connectivity index (χ3n) is 3.02. The van der Waals surface area contributed by atoms with E-state index in [1.54, 1.807) is 0 Å². The van der Waals surface area contributed by atoms with E-state index in [-0.39, 0.29) is 0 Å². The number of rotatable bonds is 9. The Bertz CT molecular complexity index is 197. The van der Waals surface area contributed by atoms with Gasteiger partial charge in [0, 0.05) is 19.1 Å². The van der Waals surface area contributed by atoms with Gasteiger partial charge in [-0.1, -0.05) is 26.8 Å². The van der Waals surface area contributed by atoms with Gasteiger partial charge in [-0.25, -0.2) is 0 Å². The summed E-state index contributed by atoms with van der Waals surface area (Å²) in [5.41, 5.74) is 0. The second kappa shape index (κ2) is 7.08. The highest BCUT2D eigenvalue weighted by Gasteiger charge is 2.28. The number of nitrogens with one attached hydrogen (secondary N) is 1. The Balaban J connectivity index is 2.14. The second-order valence-corrected chi connectivity index (χ2v) is 5.63. The lowest BCUT2D eigenvalue weighted by Gasteiger charge is -2.24. The smallest absolute Gasteiger partial charge is 0.0163 e. The van der Waals surface area contributed by atoms with Crippen molar-refractivity contribution in [2.45, 2.75) is 39.7 Å². The Labute approximate surface area is 101 Å². The molecule has 1 unspecified atom stereocenters. The molecule has 0 radical (unpaired) electrons. The van der Waals surface area contributed by atoms with Crippen LogP contribution in [0, 0.1) is 11.8 Å². The lowest BCUT2D eigenvalue weighted by atomic mass is 10.1. The molecule has 0 saturated heterocycles. The molecule has 16 heavy (non-hydrogen) atoms. The fraction of sp³-hybridized carbons (Fsp3) is 0.857. The Hall–Kier alpha value is -0.340. The molecule has 0 amide bonds. The standard InChI is InChI=1S/C14H28N2/c1-5-8-16(14-6-7-14)11-13(4)10-15-9-12(2)3/h5,12-15H,1,6-11H2,2-4H3. The van der Waals surface area contributed by atoms with Crippen molar-refractivity contribution in [2.75, 3.05) is 26.2 Å². The fourth-order valence-electron chi connectivity index (χ4n) is 2.06. The van der Waals surface area contributed by atoms with E-state index in [1.807, 2.05) is 6.08 Å². The maximum Gasteiger partial charge on any atom is 0.0163 e. The van der Waals surface area contributed by atoms with E-state index in [2.05, 4.69) is 37.6 Å². The zero-order valence-electron chi connectivity index (χ0n) is 11.2. The molecule has 0 spiro atoms. The molecule has 94 valence electrons. The van der Waals surface area contributed by atoms with Crippen molar-refractivity contribution in [3.05, 3.63) is 12.7 Å². The zero-order valence-corrected chi connectivity index (χ0v) is 11.2. The second-order valence-electron chi connectivity index (χ2n) is 5.63. The van der Waals surface area contributed by atoms with Crippen LogP contribution in [0.4, 0.5) is 0 Å². The van der Waals surface area contributed by atoms with Crippen LogP contribution in [0.1, 0.15) is 33.6 Å². The first-order chi connectivity index (χ1) is 7.63. The minimum Gasteiger partial charge on any atom is -0.316 e. The van der Waals surface area contributed by atoms with Crippen molar-refractivity contribution in [3.63, 3.8) is 0 Å². The highest BCUT2D eigenvalue weighted by Crippen LogP contribution is 2.27. The van der Waals surface area contributed by atoms with Crippen molar-refractivity contribution in [1.29, 1.82) is 0 Å². The highest BCUT2D eigenvalue weighted by molar-refractivity contribution is 4.88. The topological polar surface area (TPSA) is 15.3 Å². The highest BCUT2D eigenvalue weighted by atomic mass is 15.2. The predicted octanol–water partition coefficient (Wildman–Crippen LogP) is 2.52. The van der Waals surface area contributed by atoms with Gasteiger partial charge in [0.15, 0.2) is 0 Å². The fourth-order valence-corrected chi connectivity index (χ4v) is 2.06. The summed E-state index contributed by atoms with van der Waals surface area (Å²) in [6.45, 7) is 15.2. The van der Waals surface area contributed by atoms with E-state index in [0.29, 0.717) is 0 Å². The third-order valence-corrected chi connectivity index (χ3v) is 3.02. The Kier molecular flexibility index (Phi) is 6.07. The lowest BCUT2D eigenvalue weighted by Crippen LogP contribution is -2.35. The van der Waals surface area contributed by atoms with Crippen LogP contribution in [0.3, 0.4) is 0 Å². The molecular formula is C14H28N2. The van der Waals surface area contributed by atoms with E-state index in [0.717, 1.165) is 37.5 Å². The Morgan fingerprint density at radius 1 is 1.31 bits per heavy atom. The first kappa shape index (κ1) is 13.7. The summed E-state index contributed by atoms with van der Waals surface area (Å²) in [6, 6.07) is 0.852. The third kappa shape index (κ3) is 5.66. The van der Waals surface area contributed by atoms with E-state index in [9.17, 15) is 0 Å². The molecule has 1 rings (SSSR count). The van der Waals surface area contributed by atoms with Crippen molar-refractivity contribution < 1.29 is 0 Å². The summed E-state index contributed by atoms with van der Waals surface area (Å²) in [5, 5.41) is 3.54. The van der Waals surface area contributed by atoms with E-state index < -0.39 is 0 Å². The molecule has 1 atom stereocenters. The van der Waals surface area contributed by atoms with Crippen LogP contribution in [-0.4, -0.2) is 37.1 Å². The predicted molar refractivity (Wildman–Crippen MR) is 71.7 cm³/mol. The Morgan fingerprint density at radius 3 is 2.50 bits per heavy atom. The molecule has 2 nitrogen and oxygen atoms in total. The SMILES string of the molecule is C=CCN(CC(C)CNCC(C)C)C1CC1. The van der Waals surface area contributed by atoms with Gasteiger partial charge >= 0.3 is 0 Å². The average Bonchev–Trinajstić information content (AvgIpc) is 2.99. The summed E-state index contributed by atoms with van der Waals surface area (Å²) in [5.74, 6) is 1.49. The average molecular weight is 224 g/mol. The minimum absolute atomic E-state index is 0.735. The first-order valence-corrected chi connectivity index (χ1v) is 6.69. The van der Waals surface area contributed by atoms with E-state index in [4.69, 9.17) is 0 Å². The van der Waals surface area contributed by atoms with Gasteiger partial charge in [0.25, 0.3) is 0 Å². The number of hydrogen-bond donors (Lipinski definition) is 1. The van der Waals surface area contributed by atoms with Gasteiger partial charge in [0.2, 0.25) is 0 Å². The van der Waals surface area contributed by atoms with Gasteiger partial charge < -0.3 is 5.32 Å². The molecule has 0 aromatic carbocycles. The maximum absolute atomic E-state index is 3.85. The molecule has 1 N–H and O–H groups in total. The summed E-state index contributed by atoms with van der Waals surface area (Å²) in [7, 11) is 0. The molecule has 1 aliphatic rings. The Morgan fingerprint density at radius 2 is 2.00 bits per heavy atom. The molecule has 0 heterocycles. The van der Waals surface area contributed by atoms with Gasteiger partial charge in [-0.3, -0.25) is 4.90 Å². The molecule has 0 aromatic heterocycles. The van der Waals surface area contributed by atoms with Crippen molar-refractivity contribution >= 4 is 0 Å². The van der Waals surface area contributed by atoms with Crippen molar-refractivity contribution in [2.24, 2.45) is 11.8 Å². The van der Waals surface area contributed by atoms with Crippen LogP contribution in [0.25, 0.3) is 0 Å². The summed E-state index contributed by atoms with van der Waals surface area (Å²) in [6.07, 6.45) is 4.81. The quantitative estimate of drug-likeness (QED) is 0.605. The van der Waals surface area contributed by atoms with Gasteiger partial charge in [-0.15, -0.1) is 6.58 Å². The number of nitrogens with zero attached hydrogens (tertiary/aromatic N) is 1. The maximum atomic E-state index is 3.85. The van der Waals surface area contributed by atoms with Gasteiger partial charge in [0.1, 0.15) is 0 Å². The van der Waals surface area contributed by atoms with Crippen LogP contribution >= 0.6 is 0 Å². The lowest BCUT2D eigenvalue weighted by molar-refractivity contribution is 0.246.